The molecular weight excluding hydrogens is 272 g/mol. The lowest BCUT2D eigenvalue weighted by Crippen LogP contribution is -2.27. The minimum absolute atomic E-state index is 0.565. The molecule has 0 spiro atoms. The van der Waals surface area contributed by atoms with E-state index in [0.717, 1.165) is 0 Å². The van der Waals surface area contributed by atoms with Gasteiger partial charge in [0.2, 0.25) is 0 Å². The molecular formula is C13H15ClO5. The minimum atomic E-state index is -1.53. The van der Waals surface area contributed by atoms with Crippen LogP contribution in [0, 0.1) is 0 Å². The van der Waals surface area contributed by atoms with Gasteiger partial charge in [0.1, 0.15) is 11.5 Å². The summed E-state index contributed by atoms with van der Waals surface area (Å²) >= 11 is 6.17. The summed E-state index contributed by atoms with van der Waals surface area (Å²) in [4.78, 5) is 11.7. The average molecular weight is 287 g/mol. The van der Waals surface area contributed by atoms with Crippen LogP contribution in [-0.2, 0) is 19.9 Å². The number of esters is 1. The van der Waals surface area contributed by atoms with Crippen LogP contribution in [0.5, 0.6) is 11.5 Å². The Morgan fingerprint density at radius 1 is 1.26 bits per heavy atom. The van der Waals surface area contributed by atoms with Gasteiger partial charge in [0.05, 0.1) is 21.3 Å². The smallest absolute Gasteiger partial charge is 0.357 e. The first-order valence-corrected chi connectivity index (χ1v) is 6.00. The minimum Gasteiger partial charge on any atom is -0.497 e. The summed E-state index contributed by atoms with van der Waals surface area (Å²) in [7, 11) is 4.35. The van der Waals surface area contributed by atoms with E-state index in [1.54, 1.807) is 32.2 Å². The molecule has 6 heteroatoms. The number of methoxy groups -OCH3 is 3. The van der Waals surface area contributed by atoms with E-state index in [2.05, 4.69) is 4.74 Å². The van der Waals surface area contributed by atoms with Gasteiger partial charge in [0, 0.05) is 5.56 Å². The van der Waals surface area contributed by atoms with Gasteiger partial charge < -0.3 is 18.9 Å². The van der Waals surface area contributed by atoms with Crippen molar-refractivity contribution in [3.63, 3.8) is 0 Å². The van der Waals surface area contributed by atoms with Gasteiger partial charge in [0.25, 0.3) is 5.06 Å². The number of carbonyl (C=O) groups is 1. The second-order valence-corrected chi connectivity index (χ2v) is 4.82. The van der Waals surface area contributed by atoms with Crippen molar-refractivity contribution in [2.75, 3.05) is 21.3 Å². The highest BCUT2D eigenvalue weighted by molar-refractivity contribution is 6.35. The van der Waals surface area contributed by atoms with Gasteiger partial charge in [-0.15, -0.1) is 0 Å². The summed E-state index contributed by atoms with van der Waals surface area (Å²) in [6.45, 7) is 1.70. The lowest BCUT2D eigenvalue weighted by atomic mass is 9.95. The summed E-state index contributed by atoms with van der Waals surface area (Å²) in [5, 5.41) is -1.53. The molecule has 0 amide bonds. The highest BCUT2D eigenvalue weighted by atomic mass is 35.5. The molecule has 1 heterocycles. The molecule has 1 saturated heterocycles. The third-order valence-corrected chi connectivity index (χ3v) is 3.88. The molecule has 1 aromatic rings. The topological polar surface area (TPSA) is 57.3 Å². The standard InChI is InChI=1S/C13H15ClO5/c1-12(13(14,19-12)11(15)18-4)9-7-8(16-2)5-6-10(9)17-3/h5-7H,1-4H3. The molecule has 5 nitrogen and oxygen atoms in total. The van der Waals surface area contributed by atoms with Crippen molar-refractivity contribution in [3.05, 3.63) is 23.8 Å². The monoisotopic (exact) mass is 286 g/mol. The molecule has 1 aliphatic heterocycles. The molecule has 19 heavy (non-hydrogen) atoms. The van der Waals surface area contributed by atoms with Gasteiger partial charge in [-0.05, 0) is 25.1 Å². The lowest BCUT2D eigenvalue weighted by Gasteiger charge is -2.15. The Kier molecular flexibility index (Phi) is 3.36. The highest BCUT2D eigenvalue weighted by Gasteiger charge is 2.74. The molecule has 2 atom stereocenters. The summed E-state index contributed by atoms with van der Waals surface area (Å²) in [5.41, 5.74) is -0.378. The Morgan fingerprint density at radius 2 is 1.95 bits per heavy atom. The third kappa shape index (κ3) is 1.93. The molecule has 0 saturated carbocycles. The van der Waals surface area contributed by atoms with E-state index in [1.165, 1.54) is 14.2 Å². The maximum atomic E-state index is 11.7. The van der Waals surface area contributed by atoms with Crippen molar-refractivity contribution in [1.82, 2.24) is 0 Å². The summed E-state index contributed by atoms with van der Waals surface area (Å²) in [6, 6.07) is 5.21. The summed E-state index contributed by atoms with van der Waals surface area (Å²) in [5.74, 6) is 0.549. The van der Waals surface area contributed by atoms with Crippen molar-refractivity contribution < 1.29 is 23.7 Å². The maximum Gasteiger partial charge on any atom is 0.357 e. The van der Waals surface area contributed by atoms with Gasteiger partial charge >= 0.3 is 5.97 Å². The zero-order chi connectivity index (χ0) is 14.3. The second-order valence-electron chi connectivity index (χ2n) is 4.29. The largest absolute Gasteiger partial charge is 0.497 e. The SMILES string of the molecule is COC(=O)C1(Cl)OC1(C)c1cc(OC)ccc1OC. The van der Waals surface area contributed by atoms with Crippen LogP contribution in [0.4, 0.5) is 0 Å². The lowest BCUT2D eigenvalue weighted by molar-refractivity contribution is -0.143. The van der Waals surface area contributed by atoms with Crippen molar-refractivity contribution in [2.24, 2.45) is 0 Å². The predicted molar refractivity (Wildman–Crippen MR) is 68.6 cm³/mol. The normalized spacial score (nSPS) is 28.7. The number of benzene rings is 1. The molecule has 0 bridgehead atoms. The zero-order valence-electron chi connectivity index (χ0n) is 11.2. The molecule has 1 fully saturated rings. The van der Waals surface area contributed by atoms with E-state index in [-0.39, 0.29) is 0 Å². The van der Waals surface area contributed by atoms with Gasteiger partial charge in [-0.2, -0.15) is 0 Å². The van der Waals surface area contributed by atoms with E-state index in [0.29, 0.717) is 17.1 Å². The average Bonchev–Trinajstić information content (AvgIpc) is 3.02. The van der Waals surface area contributed by atoms with Gasteiger partial charge in [0.15, 0.2) is 5.60 Å². The number of carbonyl (C=O) groups excluding carboxylic acids is 1. The van der Waals surface area contributed by atoms with Gasteiger partial charge in [-0.25, -0.2) is 4.79 Å². The fraction of sp³-hybridized carbons (Fsp3) is 0.462. The Hall–Kier alpha value is -1.46. The molecule has 104 valence electrons. The summed E-state index contributed by atoms with van der Waals surface area (Å²) < 4.78 is 20.5. The molecule has 0 aliphatic carbocycles. The molecule has 2 unspecified atom stereocenters. The number of alkyl halides is 1. The predicted octanol–water partition coefficient (Wildman–Crippen LogP) is 2.06. The van der Waals surface area contributed by atoms with Crippen molar-refractivity contribution in [1.29, 1.82) is 0 Å². The maximum absolute atomic E-state index is 11.7. The van der Waals surface area contributed by atoms with Crippen LogP contribution in [0.25, 0.3) is 0 Å². The fourth-order valence-electron chi connectivity index (χ4n) is 2.04. The number of rotatable bonds is 4. The first kappa shape index (κ1) is 14.0. The van der Waals surface area contributed by atoms with E-state index in [1.807, 2.05) is 0 Å². The quantitative estimate of drug-likeness (QED) is 0.482. The van der Waals surface area contributed by atoms with Crippen LogP contribution in [0.2, 0.25) is 0 Å². The third-order valence-electron chi connectivity index (χ3n) is 3.29. The van der Waals surface area contributed by atoms with Crippen LogP contribution in [0.3, 0.4) is 0 Å². The van der Waals surface area contributed by atoms with Crippen LogP contribution >= 0.6 is 11.6 Å². The van der Waals surface area contributed by atoms with Gasteiger partial charge in [-0.1, -0.05) is 11.6 Å². The molecule has 1 aliphatic rings. The Labute approximate surface area is 116 Å². The van der Waals surface area contributed by atoms with Crippen molar-refractivity contribution in [3.8, 4) is 11.5 Å². The zero-order valence-corrected chi connectivity index (χ0v) is 11.9. The Balaban J connectivity index is 2.45. The van der Waals surface area contributed by atoms with E-state index >= 15 is 0 Å². The number of halogens is 1. The van der Waals surface area contributed by atoms with Crippen molar-refractivity contribution in [2.45, 2.75) is 17.6 Å². The summed E-state index contributed by atoms with van der Waals surface area (Å²) in [6.07, 6.45) is 0. The fourth-order valence-corrected chi connectivity index (χ4v) is 2.37. The number of hydrogen-bond acceptors (Lipinski definition) is 5. The first-order chi connectivity index (χ1) is 8.92. The van der Waals surface area contributed by atoms with E-state index in [9.17, 15) is 4.79 Å². The van der Waals surface area contributed by atoms with E-state index < -0.39 is 16.6 Å². The van der Waals surface area contributed by atoms with Crippen LogP contribution in [0.15, 0.2) is 18.2 Å². The Morgan fingerprint density at radius 3 is 2.47 bits per heavy atom. The van der Waals surface area contributed by atoms with Crippen LogP contribution in [0.1, 0.15) is 12.5 Å². The van der Waals surface area contributed by atoms with Crippen LogP contribution < -0.4 is 9.47 Å². The molecule has 0 radical (unpaired) electrons. The second kappa shape index (κ2) is 4.58. The number of hydrogen-bond donors (Lipinski definition) is 0. The Bertz CT molecular complexity index is 518. The number of ether oxygens (including phenoxy) is 4. The highest BCUT2D eigenvalue weighted by Crippen LogP contribution is 2.61. The first-order valence-electron chi connectivity index (χ1n) is 5.63. The molecule has 0 aromatic heterocycles. The molecule has 2 rings (SSSR count). The van der Waals surface area contributed by atoms with Crippen LogP contribution in [-0.4, -0.2) is 32.4 Å². The van der Waals surface area contributed by atoms with E-state index in [4.69, 9.17) is 25.8 Å². The molecule has 0 N–H and O–H groups in total. The van der Waals surface area contributed by atoms with Gasteiger partial charge in [-0.3, -0.25) is 0 Å². The number of epoxide rings is 1. The molecule has 1 aromatic carbocycles. The van der Waals surface area contributed by atoms with Crippen molar-refractivity contribution >= 4 is 17.6 Å².